The molecule has 1 heterocycles. The summed E-state index contributed by atoms with van der Waals surface area (Å²) in [5.74, 6) is 0.164. The molecule has 1 aliphatic rings. The molecule has 1 aromatic heterocycles. The monoisotopic (exact) mass is 518 g/mol. The van der Waals surface area contributed by atoms with Gasteiger partial charge in [-0.15, -0.1) is 11.3 Å². The Hall–Kier alpha value is -3.03. The fourth-order valence-electron chi connectivity index (χ4n) is 4.84. The van der Waals surface area contributed by atoms with Crippen molar-refractivity contribution in [3.8, 4) is 16.3 Å². The lowest BCUT2D eigenvalue weighted by Crippen LogP contribution is -2.20. The average molecular weight is 519 g/mol. The number of fused-ring (bicyclic) bond motifs is 1. The summed E-state index contributed by atoms with van der Waals surface area (Å²) in [6.07, 6.45) is 5.15. The Kier molecular flexibility index (Phi) is 6.95. The number of benzene rings is 3. The number of carboxylic acid groups (broad SMARTS) is 1. The number of nitrogens with zero attached hydrogens (tertiary/aromatic N) is 1. The number of aromatic nitrogens is 1. The molecule has 4 aromatic rings. The molecule has 2 N–H and O–H groups in total. The van der Waals surface area contributed by atoms with E-state index in [0.29, 0.717) is 22.8 Å². The minimum atomic E-state index is -0.985. The van der Waals surface area contributed by atoms with Crippen LogP contribution in [0.1, 0.15) is 61.4 Å². The van der Waals surface area contributed by atoms with Gasteiger partial charge >= 0.3 is 5.97 Å². The van der Waals surface area contributed by atoms with Crippen molar-refractivity contribution in [2.45, 2.75) is 50.5 Å². The van der Waals surface area contributed by atoms with Gasteiger partial charge in [0, 0.05) is 22.9 Å². The molecule has 5 nitrogen and oxygen atoms in total. The molecule has 5 rings (SSSR count). The first-order valence-electron chi connectivity index (χ1n) is 12.2. The fraction of sp³-hybridized carbons (Fsp3) is 0.310. The Labute approximate surface area is 220 Å². The first-order valence-corrected chi connectivity index (χ1v) is 13.8. The predicted octanol–water partition coefficient (Wildman–Crippen LogP) is 8.47. The van der Waals surface area contributed by atoms with Gasteiger partial charge in [-0.2, -0.15) is 0 Å². The van der Waals surface area contributed by atoms with Gasteiger partial charge in [-0.25, -0.2) is 9.78 Å². The van der Waals surface area contributed by atoms with Crippen LogP contribution in [-0.2, 0) is 0 Å². The van der Waals surface area contributed by atoms with Crippen molar-refractivity contribution in [2.24, 2.45) is 5.41 Å². The van der Waals surface area contributed by atoms with Crippen LogP contribution in [0.2, 0.25) is 0 Å². The first kappa shape index (κ1) is 24.7. The Balaban J connectivity index is 1.28. The van der Waals surface area contributed by atoms with Crippen LogP contribution in [0.25, 0.3) is 21.3 Å². The normalized spacial score (nSPS) is 15.6. The minimum absolute atomic E-state index is 0.185. The summed E-state index contributed by atoms with van der Waals surface area (Å²) in [7, 11) is 1.52. The van der Waals surface area contributed by atoms with Gasteiger partial charge in [-0.3, -0.25) is 0 Å². The van der Waals surface area contributed by atoms with Gasteiger partial charge in [0.25, 0.3) is 0 Å². The van der Waals surface area contributed by atoms with E-state index in [1.54, 1.807) is 23.5 Å². The highest BCUT2D eigenvalue weighted by atomic mass is 32.2. The molecule has 7 heteroatoms. The predicted molar refractivity (Wildman–Crippen MR) is 149 cm³/mol. The molecule has 1 saturated carbocycles. The van der Waals surface area contributed by atoms with Gasteiger partial charge in [0.1, 0.15) is 15.8 Å². The van der Waals surface area contributed by atoms with Crippen LogP contribution in [0.4, 0.5) is 5.69 Å². The van der Waals surface area contributed by atoms with E-state index in [9.17, 15) is 9.90 Å². The van der Waals surface area contributed by atoms with Crippen molar-refractivity contribution < 1.29 is 14.6 Å². The van der Waals surface area contributed by atoms with Gasteiger partial charge in [0.15, 0.2) is 0 Å². The van der Waals surface area contributed by atoms with E-state index in [1.807, 2.05) is 5.38 Å². The van der Waals surface area contributed by atoms with Crippen LogP contribution in [0.3, 0.4) is 0 Å². The number of methoxy groups -OCH3 is 1. The second kappa shape index (κ2) is 10.1. The molecular formula is C29H30N2O3S2. The lowest BCUT2D eigenvalue weighted by molar-refractivity contribution is 0.0696. The zero-order valence-corrected chi connectivity index (χ0v) is 22.3. The number of rotatable bonds is 7. The van der Waals surface area contributed by atoms with Crippen LogP contribution in [0.15, 0.2) is 65.0 Å². The smallest absolute Gasteiger partial charge is 0.335 e. The van der Waals surface area contributed by atoms with E-state index in [1.165, 1.54) is 67.1 Å². The van der Waals surface area contributed by atoms with Crippen molar-refractivity contribution in [1.29, 1.82) is 0 Å². The van der Waals surface area contributed by atoms with Crippen molar-refractivity contribution in [3.05, 3.63) is 71.1 Å². The van der Waals surface area contributed by atoms with Gasteiger partial charge in [-0.1, -0.05) is 44.2 Å². The summed E-state index contributed by atoms with van der Waals surface area (Å²) >= 11 is 2.98. The number of aromatic carboxylic acids is 1. The molecule has 0 radical (unpaired) electrons. The summed E-state index contributed by atoms with van der Waals surface area (Å²) in [6.45, 7) is 4.78. The van der Waals surface area contributed by atoms with E-state index < -0.39 is 5.97 Å². The number of anilines is 1. The van der Waals surface area contributed by atoms with Crippen molar-refractivity contribution >= 4 is 45.7 Å². The maximum absolute atomic E-state index is 11.2. The summed E-state index contributed by atoms with van der Waals surface area (Å²) in [6, 6.07) is 18.3. The molecule has 3 aromatic carbocycles. The zero-order chi connectivity index (χ0) is 25.3. The van der Waals surface area contributed by atoms with E-state index in [2.05, 4.69) is 55.0 Å². The van der Waals surface area contributed by atoms with Gasteiger partial charge in [0.2, 0.25) is 0 Å². The van der Waals surface area contributed by atoms with E-state index >= 15 is 0 Å². The summed E-state index contributed by atoms with van der Waals surface area (Å²) < 4.78 is 8.57. The molecule has 1 aliphatic carbocycles. The Morgan fingerprint density at radius 2 is 1.83 bits per heavy atom. The largest absolute Gasteiger partial charge is 0.495 e. The first-order chi connectivity index (χ1) is 17.3. The summed E-state index contributed by atoms with van der Waals surface area (Å²) in [5, 5.41) is 15.5. The van der Waals surface area contributed by atoms with Gasteiger partial charge < -0.3 is 14.6 Å². The molecule has 1 fully saturated rings. The topological polar surface area (TPSA) is 71.5 Å². The molecule has 0 saturated heterocycles. The Morgan fingerprint density at radius 3 is 2.58 bits per heavy atom. The molecule has 36 heavy (non-hydrogen) atoms. The highest BCUT2D eigenvalue weighted by molar-refractivity contribution is 8.00. The van der Waals surface area contributed by atoms with Crippen LogP contribution < -0.4 is 9.46 Å². The number of hydrogen-bond acceptors (Lipinski definition) is 6. The highest BCUT2D eigenvalue weighted by Gasteiger charge is 2.27. The molecular weight excluding hydrogens is 488 g/mol. The molecule has 0 aliphatic heterocycles. The van der Waals surface area contributed by atoms with Gasteiger partial charge in [-0.05, 0) is 77.6 Å². The molecule has 0 bridgehead atoms. The second-order valence-electron chi connectivity index (χ2n) is 10.2. The maximum atomic E-state index is 11.2. The van der Waals surface area contributed by atoms with E-state index in [4.69, 9.17) is 9.72 Å². The Bertz CT molecular complexity index is 1400. The number of hydrogen-bond donors (Lipinski definition) is 2. The fourth-order valence-corrected chi connectivity index (χ4v) is 6.43. The number of nitrogens with one attached hydrogen (secondary N) is 1. The maximum Gasteiger partial charge on any atom is 0.335 e. The second-order valence-corrected chi connectivity index (χ2v) is 11.9. The van der Waals surface area contributed by atoms with Crippen LogP contribution in [0, 0.1) is 5.41 Å². The summed E-state index contributed by atoms with van der Waals surface area (Å²) in [4.78, 5) is 16.0. The molecule has 0 amide bonds. The SMILES string of the molecule is COc1cc(C(=O)O)ccc1NSc1csc(-c2ccc3cc(C4CCC(C)(C)CC4)ccc3c2)n1. The number of carbonyl (C=O) groups is 1. The number of carboxylic acids is 1. The van der Waals surface area contributed by atoms with Crippen LogP contribution in [0.5, 0.6) is 5.75 Å². The molecule has 0 atom stereocenters. The third-order valence-electron chi connectivity index (χ3n) is 7.12. The lowest BCUT2D eigenvalue weighted by atomic mass is 9.71. The lowest BCUT2D eigenvalue weighted by Gasteiger charge is -2.34. The van der Waals surface area contributed by atoms with Crippen molar-refractivity contribution in [3.63, 3.8) is 0 Å². The van der Waals surface area contributed by atoms with Crippen LogP contribution >= 0.6 is 23.3 Å². The quantitative estimate of drug-likeness (QED) is 0.239. The molecule has 0 spiro atoms. The molecule has 0 unspecified atom stereocenters. The van der Waals surface area contributed by atoms with Crippen LogP contribution in [-0.4, -0.2) is 23.2 Å². The van der Waals surface area contributed by atoms with Crippen molar-refractivity contribution in [1.82, 2.24) is 4.98 Å². The standard InChI is InChI=1S/C29H30N2O3S2/c1-29(2)12-10-18(11-13-29)19-4-5-21-15-22(7-6-20(21)14-19)27-30-26(17-35-27)36-31-24-9-8-23(28(32)33)16-25(24)34-3/h4-9,14-18,31H,10-13H2,1-3H3,(H,32,33). The third-order valence-corrected chi connectivity index (χ3v) is 8.90. The number of thiazole rings is 1. The number of ether oxygens (including phenoxy) is 1. The average Bonchev–Trinajstić information content (AvgIpc) is 3.36. The van der Waals surface area contributed by atoms with Crippen molar-refractivity contribution in [2.75, 3.05) is 11.8 Å². The van der Waals surface area contributed by atoms with Gasteiger partial charge in [0.05, 0.1) is 18.4 Å². The third kappa shape index (κ3) is 5.37. The Morgan fingerprint density at radius 1 is 1.08 bits per heavy atom. The zero-order valence-electron chi connectivity index (χ0n) is 20.7. The van der Waals surface area contributed by atoms with E-state index in [0.717, 1.165) is 15.6 Å². The minimum Gasteiger partial charge on any atom is -0.495 e. The highest BCUT2D eigenvalue weighted by Crippen LogP contribution is 2.43. The molecule has 186 valence electrons. The summed E-state index contributed by atoms with van der Waals surface area (Å²) in [5.41, 5.74) is 3.95. The van der Waals surface area contributed by atoms with E-state index in [-0.39, 0.29) is 5.56 Å².